The molecule has 4 N–H and O–H groups in total. The molecule has 0 radical (unpaired) electrons. The highest BCUT2D eigenvalue weighted by molar-refractivity contribution is 5.69. The summed E-state index contributed by atoms with van der Waals surface area (Å²) in [7, 11) is 0. The molecular weight excluding hydrogens is 897 g/mol. The molecule has 1 aliphatic carbocycles. The number of aliphatic hydroxyl groups excluding tert-OH is 4. The summed E-state index contributed by atoms with van der Waals surface area (Å²) in [6.45, 7) is 22.5. The number of esters is 1. The zero-order chi connectivity index (χ0) is 53.4. The summed E-state index contributed by atoms with van der Waals surface area (Å²) in [5.74, 6) is -0.402. The Labute approximate surface area is 438 Å². The largest absolute Gasteiger partial charge is 0.463 e. The maximum atomic E-state index is 12.5. The van der Waals surface area contributed by atoms with Crippen LogP contribution in [0.2, 0.25) is 0 Å². The van der Waals surface area contributed by atoms with Gasteiger partial charge in [-0.05, 0) is 92.1 Å². The molecule has 2 rings (SSSR count). The predicted octanol–water partition coefficient (Wildman–Crippen LogP) is 15.4. The highest BCUT2D eigenvalue weighted by atomic mass is 16.7. The molecule has 0 bridgehead atoms. The molecule has 0 aromatic rings. The molecule has 0 amide bonds. The number of rotatable bonds is 33. The van der Waals surface area contributed by atoms with Crippen molar-refractivity contribution in [1.29, 1.82) is 0 Å². The van der Waals surface area contributed by atoms with Crippen LogP contribution in [0.25, 0.3) is 0 Å². The van der Waals surface area contributed by atoms with Crippen LogP contribution in [0.5, 0.6) is 0 Å². The molecule has 1 saturated heterocycles. The average Bonchev–Trinajstić information content (AvgIpc) is 3.32. The van der Waals surface area contributed by atoms with Gasteiger partial charge in [0.25, 0.3) is 0 Å². The molecule has 0 aromatic heterocycles. The first-order valence-corrected chi connectivity index (χ1v) is 27.6. The molecular formula is C64H100O8. The minimum absolute atomic E-state index is 0.251. The number of hydrogen-bond acceptors (Lipinski definition) is 8. The lowest BCUT2D eigenvalue weighted by Crippen LogP contribution is -2.61. The van der Waals surface area contributed by atoms with Crippen molar-refractivity contribution in [2.45, 2.75) is 241 Å². The molecule has 0 saturated carbocycles. The van der Waals surface area contributed by atoms with Gasteiger partial charge in [-0.2, -0.15) is 0 Å². The first-order chi connectivity index (χ1) is 34.3. The molecule has 404 valence electrons. The van der Waals surface area contributed by atoms with Crippen LogP contribution in [0.3, 0.4) is 0 Å². The Morgan fingerprint density at radius 3 is 1.58 bits per heavy atom. The average molecular weight is 997 g/mol. The van der Waals surface area contributed by atoms with Crippen LogP contribution in [0.4, 0.5) is 0 Å². The van der Waals surface area contributed by atoms with Gasteiger partial charge in [-0.25, -0.2) is 0 Å². The highest BCUT2D eigenvalue weighted by Crippen LogP contribution is 2.41. The molecule has 8 heteroatoms. The minimum Gasteiger partial charge on any atom is -0.463 e. The van der Waals surface area contributed by atoms with Gasteiger partial charge in [-0.1, -0.05) is 247 Å². The van der Waals surface area contributed by atoms with Crippen molar-refractivity contribution in [1.82, 2.24) is 0 Å². The second-order valence-electron chi connectivity index (χ2n) is 21.7. The lowest BCUT2D eigenvalue weighted by Gasteiger charge is -2.43. The summed E-state index contributed by atoms with van der Waals surface area (Å²) in [5.41, 5.74) is 7.49. The lowest BCUT2D eigenvalue weighted by molar-refractivity contribution is -0.329. The summed E-state index contributed by atoms with van der Waals surface area (Å²) >= 11 is 0. The maximum absolute atomic E-state index is 12.5. The standard InChI is InChI=1S/C64H100O8/c1-12-13-14-15-16-17-18-19-20-21-22-23-24-25-26-42-58(66)70-48-56-59(67)60(68)61(69)62(71-56)72-64(10,11)57(65)46-44-53(6)40-31-38-51(4)37-29-35-49(2)33-27-28-34-50(3)36-30-39-52(5)43-45-55-54(7)41-32-47-63(55,8)9/h27-31,33-40,43-46,56-57,59-62,65,67-69H,12-26,32,41-42,47-48H2,1-11H3/b28-27+,35-29+,36-30+,38-31+,45-43+,46-44+,49-33+,50-34+,51-37+,52-39+,53-40+/t56-,57+,59-,60+,61-,62+/m1/s1. The SMILES string of the molecule is CCCCCCCCCCCCCCCCCC(=O)OC[C@H]1O[C@@H](OC(C)(C)[C@@H](O)/C=C/C(C)=C/C=C/C(C)=C/C=C/C(C)=C/C=C/C=C(C)/C=C/C=C(C)/C=C/C2=C(C)CCCC2(C)C)[C@H](O)[C@@H](O)[C@@H]1O. The molecule has 2 aliphatic rings. The van der Waals surface area contributed by atoms with E-state index in [1.807, 2.05) is 50.3 Å². The van der Waals surface area contributed by atoms with Crippen LogP contribution in [0.1, 0.15) is 198 Å². The number of carbonyl (C=O) groups is 1. The third-order valence-electron chi connectivity index (χ3n) is 13.8. The molecule has 0 spiro atoms. The molecule has 0 aromatic carbocycles. The topological polar surface area (TPSA) is 126 Å². The first kappa shape index (κ1) is 64.2. The van der Waals surface area contributed by atoms with Crippen molar-refractivity contribution >= 4 is 5.97 Å². The lowest BCUT2D eigenvalue weighted by atomic mass is 9.72. The molecule has 0 unspecified atom stereocenters. The van der Waals surface area contributed by atoms with E-state index in [-0.39, 0.29) is 18.4 Å². The number of unbranched alkanes of at least 4 members (excludes halogenated alkanes) is 14. The smallest absolute Gasteiger partial charge is 0.305 e. The molecule has 72 heavy (non-hydrogen) atoms. The second-order valence-corrected chi connectivity index (χ2v) is 21.7. The Bertz CT molecular complexity index is 1960. The molecule has 1 fully saturated rings. The fourth-order valence-corrected chi connectivity index (χ4v) is 8.86. The van der Waals surface area contributed by atoms with E-state index in [1.165, 1.54) is 119 Å². The van der Waals surface area contributed by atoms with Crippen molar-refractivity contribution < 1.29 is 39.4 Å². The van der Waals surface area contributed by atoms with Crippen LogP contribution in [-0.4, -0.2) is 75.4 Å². The van der Waals surface area contributed by atoms with Crippen LogP contribution >= 0.6 is 0 Å². The van der Waals surface area contributed by atoms with E-state index in [0.717, 1.165) is 36.0 Å². The fourth-order valence-electron chi connectivity index (χ4n) is 8.86. The third-order valence-corrected chi connectivity index (χ3v) is 13.8. The van der Waals surface area contributed by atoms with Gasteiger partial charge < -0.3 is 34.6 Å². The van der Waals surface area contributed by atoms with Gasteiger partial charge in [-0.3, -0.25) is 4.79 Å². The molecule has 1 aliphatic heterocycles. The molecule has 8 nitrogen and oxygen atoms in total. The second kappa shape index (κ2) is 36.1. The zero-order valence-electron chi connectivity index (χ0n) is 46.8. The Balaban J connectivity index is 1.76. The minimum atomic E-state index is -1.60. The van der Waals surface area contributed by atoms with Gasteiger partial charge in [0.2, 0.25) is 0 Å². The Kier molecular flexibility index (Phi) is 32.2. The van der Waals surface area contributed by atoms with Crippen LogP contribution in [-0.2, 0) is 19.0 Å². The number of allylic oxidation sites excluding steroid dienone is 23. The summed E-state index contributed by atoms with van der Waals surface area (Å²) in [5, 5.41) is 43.1. The van der Waals surface area contributed by atoms with Crippen LogP contribution < -0.4 is 0 Å². The number of aliphatic hydroxyl groups is 4. The monoisotopic (exact) mass is 997 g/mol. The van der Waals surface area contributed by atoms with Gasteiger partial charge in [-0.15, -0.1) is 0 Å². The Morgan fingerprint density at radius 1 is 0.653 bits per heavy atom. The fraction of sp³-hybridized carbons (Fsp3) is 0.609. The number of carbonyl (C=O) groups excluding carboxylic acids is 1. The Hall–Kier alpha value is -3.89. The van der Waals surface area contributed by atoms with E-state index in [0.29, 0.717) is 0 Å². The molecule has 1 heterocycles. The van der Waals surface area contributed by atoms with E-state index in [1.54, 1.807) is 26.0 Å². The normalized spacial score (nSPS) is 22.9. The summed E-state index contributed by atoms with van der Waals surface area (Å²) < 4.78 is 17.2. The van der Waals surface area contributed by atoms with Crippen molar-refractivity contribution in [3.63, 3.8) is 0 Å². The number of ether oxygens (including phenoxy) is 3. The van der Waals surface area contributed by atoms with E-state index in [9.17, 15) is 25.2 Å². The van der Waals surface area contributed by atoms with E-state index >= 15 is 0 Å². The maximum Gasteiger partial charge on any atom is 0.305 e. The van der Waals surface area contributed by atoms with E-state index < -0.39 is 48.4 Å². The summed E-state index contributed by atoms with van der Waals surface area (Å²) in [4.78, 5) is 12.5. The van der Waals surface area contributed by atoms with Gasteiger partial charge >= 0.3 is 5.97 Å². The molecule has 6 atom stereocenters. The van der Waals surface area contributed by atoms with Crippen molar-refractivity contribution in [2.24, 2.45) is 5.41 Å². The predicted molar refractivity (Wildman–Crippen MR) is 302 cm³/mol. The summed E-state index contributed by atoms with van der Waals surface area (Å²) in [6.07, 6.45) is 48.9. The van der Waals surface area contributed by atoms with Crippen LogP contribution in [0, 0.1) is 5.41 Å². The summed E-state index contributed by atoms with van der Waals surface area (Å²) in [6, 6.07) is 0. The zero-order valence-corrected chi connectivity index (χ0v) is 46.8. The van der Waals surface area contributed by atoms with Crippen molar-refractivity contribution in [2.75, 3.05) is 6.61 Å². The van der Waals surface area contributed by atoms with E-state index in [4.69, 9.17) is 14.2 Å². The highest BCUT2D eigenvalue weighted by Gasteiger charge is 2.47. The van der Waals surface area contributed by atoms with Gasteiger partial charge in [0.1, 0.15) is 37.1 Å². The van der Waals surface area contributed by atoms with Crippen LogP contribution in [0.15, 0.2) is 142 Å². The quantitative estimate of drug-likeness (QED) is 0.0291. The Morgan fingerprint density at radius 2 is 1.10 bits per heavy atom. The van der Waals surface area contributed by atoms with Gasteiger partial charge in [0.05, 0.1) is 5.60 Å². The van der Waals surface area contributed by atoms with Crippen molar-refractivity contribution in [3.8, 4) is 0 Å². The van der Waals surface area contributed by atoms with Gasteiger partial charge in [0.15, 0.2) is 6.29 Å². The third kappa shape index (κ3) is 27.4. The number of hydrogen-bond donors (Lipinski definition) is 4. The van der Waals surface area contributed by atoms with Crippen molar-refractivity contribution in [3.05, 3.63) is 142 Å². The van der Waals surface area contributed by atoms with E-state index in [2.05, 4.69) is 103 Å². The van der Waals surface area contributed by atoms with Gasteiger partial charge in [0, 0.05) is 6.42 Å². The first-order valence-electron chi connectivity index (χ1n) is 27.6.